The number of imidazole rings is 1. The lowest BCUT2D eigenvalue weighted by Crippen LogP contribution is -2.31. The van der Waals surface area contributed by atoms with Gasteiger partial charge in [-0.05, 0) is 48.7 Å². The van der Waals surface area contributed by atoms with E-state index in [4.69, 9.17) is 14.5 Å². The van der Waals surface area contributed by atoms with E-state index in [-0.39, 0.29) is 11.9 Å². The molecule has 1 fully saturated rings. The summed E-state index contributed by atoms with van der Waals surface area (Å²) in [4.78, 5) is 16.7. The smallest absolute Gasteiger partial charge is 0.337 e. The van der Waals surface area contributed by atoms with Gasteiger partial charge in [0.25, 0.3) is 0 Å². The molecule has 1 atom stereocenters. The van der Waals surface area contributed by atoms with E-state index in [0.29, 0.717) is 29.7 Å². The summed E-state index contributed by atoms with van der Waals surface area (Å²) < 4.78 is 27.9. The van der Waals surface area contributed by atoms with Crippen LogP contribution in [0.2, 0.25) is 0 Å². The molecule has 0 N–H and O–H groups in total. The van der Waals surface area contributed by atoms with Gasteiger partial charge in [-0.25, -0.2) is 14.2 Å². The maximum Gasteiger partial charge on any atom is 0.337 e. The van der Waals surface area contributed by atoms with E-state index in [0.717, 1.165) is 34.4 Å². The number of carbonyl (C=O) groups excluding carboxylic acids is 1. The fourth-order valence-electron chi connectivity index (χ4n) is 3.41. The third-order valence-electron chi connectivity index (χ3n) is 5.18. The number of hydrogen-bond acceptors (Lipinski definition) is 4. The minimum absolute atomic E-state index is 0.106. The summed E-state index contributed by atoms with van der Waals surface area (Å²) in [6, 6.07) is 8.90. The van der Waals surface area contributed by atoms with Crippen LogP contribution in [0, 0.1) is 12.7 Å². The quantitative estimate of drug-likeness (QED) is 0.544. The first-order valence-electron chi connectivity index (χ1n) is 9.10. The number of halogens is 2. The van der Waals surface area contributed by atoms with Gasteiger partial charge in [0.1, 0.15) is 11.6 Å². The summed E-state index contributed by atoms with van der Waals surface area (Å²) in [6.45, 7) is 3.12. The van der Waals surface area contributed by atoms with E-state index in [9.17, 15) is 9.18 Å². The fourth-order valence-corrected chi connectivity index (χ4v) is 3.72. The van der Waals surface area contributed by atoms with E-state index in [2.05, 4.69) is 15.9 Å². The van der Waals surface area contributed by atoms with Crippen molar-refractivity contribution in [2.75, 3.05) is 13.7 Å². The molecule has 4 rings (SSSR count). The predicted octanol–water partition coefficient (Wildman–Crippen LogP) is 4.41. The molecule has 0 amide bonds. The molecule has 0 bridgehead atoms. The number of carbonyl (C=O) groups is 1. The molecule has 0 spiro atoms. The Morgan fingerprint density at radius 2 is 2.18 bits per heavy atom. The molecule has 1 saturated heterocycles. The van der Waals surface area contributed by atoms with Gasteiger partial charge < -0.3 is 14.0 Å². The van der Waals surface area contributed by atoms with Crippen molar-refractivity contribution < 1.29 is 18.7 Å². The molecule has 0 aliphatic carbocycles. The zero-order chi connectivity index (χ0) is 19.8. The average molecular weight is 447 g/mol. The van der Waals surface area contributed by atoms with Crippen molar-refractivity contribution in [2.24, 2.45) is 0 Å². The number of nitrogens with zero attached hydrogens (tertiary/aromatic N) is 2. The normalized spacial score (nSPS) is 16.2. The molecule has 1 aliphatic heterocycles. The first-order chi connectivity index (χ1) is 13.5. The molecule has 1 aliphatic rings. The van der Waals surface area contributed by atoms with Gasteiger partial charge >= 0.3 is 5.97 Å². The molecular formula is C21H20BrFN2O3. The minimum atomic E-state index is -0.398. The number of rotatable bonds is 5. The van der Waals surface area contributed by atoms with Crippen molar-refractivity contribution in [1.29, 1.82) is 0 Å². The van der Waals surface area contributed by atoms with Gasteiger partial charge in [0.15, 0.2) is 0 Å². The lowest BCUT2D eigenvalue weighted by molar-refractivity contribution is -0.0589. The van der Waals surface area contributed by atoms with Crippen LogP contribution in [-0.2, 0) is 22.4 Å². The second-order valence-electron chi connectivity index (χ2n) is 6.94. The molecule has 28 heavy (non-hydrogen) atoms. The van der Waals surface area contributed by atoms with Gasteiger partial charge in [-0.1, -0.05) is 22.0 Å². The SMILES string of the molecule is COC(=O)c1ccc2nc(Cc3ccc(Br)c(C)c3F)n(C[C@@H]3CCO3)c2c1. The third-order valence-corrected chi connectivity index (χ3v) is 6.04. The highest BCUT2D eigenvalue weighted by Crippen LogP contribution is 2.27. The highest BCUT2D eigenvalue weighted by molar-refractivity contribution is 9.10. The van der Waals surface area contributed by atoms with Crippen LogP contribution in [0.5, 0.6) is 0 Å². The first kappa shape index (κ1) is 19.1. The van der Waals surface area contributed by atoms with E-state index >= 15 is 0 Å². The molecular weight excluding hydrogens is 427 g/mol. The Hall–Kier alpha value is -2.25. The molecule has 146 valence electrons. The lowest BCUT2D eigenvalue weighted by atomic mass is 10.1. The van der Waals surface area contributed by atoms with Crippen molar-refractivity contribution in [3.63, 3.8) is 0 Å². The fraction of sp³-hybridized carbons (Fsp3) is 0.333. The number of fused-ring (bicyclic) bond motifs is 1. The molecule has 0 unspecified atom stereocenters. The second-order valence-corrected chi connectivity index (χ2v) is 7.79. The van der Waals surface area contributed by atoms with Crippen molar-refractivity contribution in [3.8, 4) is 0 Å². The summed E-state index contributed by atoms with van der Waals surface area (Å²) in [5.41, 5.74) is 3.21. The van der Waals surface area contributed by atoms with Crippen LogP contribution in [0.4, 0.5) is 4.39 Å². The Balaban J connectivity index is 1.79. The topological polar surface area (TPSA) is 53.3 Å². The summed E-state index contributed by atoms with van der Waals surface area (Å²) in [6.07, 6.45) is 1.44. The molecule has 0 saturated carbocycles. The number of methoxy groups -OCH3 is 1. The summed E-state index contributed by atoms with van der Waals surface area (Å²) in [5, 5.41) is 0. The monoisotopic (exact) mass is 446 g/mol. The second kappa shape index (κ2) is 7.64. The van der Waals surface area contributed by atoms with E-state index < -0.39 is 5.97 Å². The van der Waals surface area contributed by atoms with Gasteiger partial charge in [-0.3, -0.25) is 0 Å². The van der Waals surface area contributed by atoms with Crippen molar-refractivity contribution in [2.45, 2.75) is 32.4 Å². The van der Waals surface area contributed by atoms with Crippen molar-refractivity contribution in [3.05, 3.63) is 63.1 Å². The number of benzene rings is 2. The van der Waals surface area contributed by atoms with Crippen LogP contribution in [0.3, 0.4) is 0 Å². The highest BCUT2D eigenvalue weighted by Gasteiger charge is 2.23. The largest absolute Gasteiger partial charge is 0.465 e. The maximum absolute atomic E-state index is 14.7. The zero-order valence-electron chi connectivity index (χ0n) is 15.7. The Kier molecular flexibility index (Phi) is 5.21. The standard InChI is InChI=1S/C21H20BrFN2O3/c1-12-16(22)5-3-13(20(12)23)10-19-24-17-6-4-14(21(26)27-2)9-18(17)25(19)11-15-7-8-28-15/h3-6,9,15H,7-8,10-11H2,1-2H3/t15-/m0/s1. The van der Waals surface area contributed by atoms with Gasteiger partial charge in [-0.15, -0.1) is 0 Å². The van der Waals surface area contributed by atoms with Crippen LogP contribution in [0.25, 0.3) is 11.0 Å². The molecule has 3 aromatic rings. The van der Waals surface area contributed by atoms with E-state index in [1.165, 1.54) is 7.11 Å². The first-order valence-corrected chi connectivity index (χ1v) is 9.89. The summed E-state index contributed by atoms with van der Waals surface area (Å²) in [5.74, 6) is 0.113. The average Bonchev–Trinajstić information content (AvgIpc) is 3.00. The Morgan fingerprint density at radius 1 is 1.39 bits per heavy atom. The number of aromatic nitrogens is 2. The zero-order valence-corrected chi connectivity index (χ0v) is 17.3. The summed E-state index contributed by atoms with van der Waals surface area (Å²) >= 11 is 3.37. The molecule has 0 radical (unpaired) electrons. The van der Waals surface area contributed by atoms with Gasteiger partial charge in [0, 0.05) is 17.5 Å². The molecule has 2 aromatic carbocycles. The van der Waals surface area contributed by atoms with Gasteiger partial charge in [0.05, 0.1) is 36.4 Å². The number of esters is 1. The Labute approximate surface area is 170 Å². The van der Waals surface area contributed by atoms with Gasteiger partial charge in [0.2, 0.25) is 0 Å². The molecule has 1 aromatic heterocycles. The van der Waals surface area contributed by atoms with E-state index in [1.807, 2.05) is 10.6 Å². The molecule has 2 heterocycles. The third kappa shape index (κ3) is 3.44. The molecule has 7 heteroatoms. The molecule has 5 nitrogen and oxygen atoms in total. The lowest BCUT2D eigenvalue weighted by Gasteiger charge is -2.27. The van der Waals surface area contributed by atoms with Crippen LogP contribution in [0.15, 0.2) is 34.8 Å². The van der Waals surface area contributed by atoms with Crippen LogP contribution < -0.4 is 0 Å². The van der Waals surface area contributed by atoms with E-state index in [1.54, 1.807) is 31.2 Å². The predicted molar refractivity (Wildman–Crippen MR) is 107 cm³/mol. The highest BCUT2D eigenvalue weighted by atomic mass is 79.9. The maximum atomic E-state index is 14.7. The van der Waals surface area contributed by atoms with Crippen LogP contribution in [-0.4, -0.2) is 35.3 Å². The van der Waals surface area contributed by atoms with Crippen molar-refractivity contribution in [1.82, 2.24) is 9.55 Å². The van der Waals surface area contributed by atoms with Gasteiger partial charge in [-0.2, -0.15) is 0 Å². The van der Waals surface area contributed by atoms with Crippen LogP contribution in [0.1, 0.15) is 33.7 Å². The number of ether oxygens (including phenoxy) is 2. The van der Waals surface area contributed by atoms with Crippen molar-refractivity contribution >= 4 is 32.9 Å². The summed E-state index contributed by atoms with van der Waals surface area (Å²) in [7, 11) is 1.36. The van der Waals surface area contributed by atoms with Crippen LogP contribution >= 0.6 is 15.9 Å². The minimum Gasteiger partial charge on any atom is -0.465 e. The number of hydrogen-bond donors (Lipinski definition) is 0. The Bertz CT molecular complexity index is 1060. The Morgan fingerprint density at radius 3 is 2.86 bits per heavy atom.